The van der Waals surface area contributed by atoms with Crippen molar-refractivity contribution in [2.24, 2.45) is 11.5 Å². The van der Waals surface area contributed by atoms with Gasteiger partial charge in [-0.2, -0.15) is 0 Å². The third-order valence-electron chi connectivity index (χ3n) is 3.41. The average Bonchev–Trinajstić information content (AvgIpc) is 3.11. The van der Waals surface area contributed by atoms with Crippen molar-refractivity contribution in [3.05, 3.63) is 66.0 Å². The number of nitrogens with two attached hydrogens (primary N) is 2. The van der Waals surface area contributed by atoms with Crippen molar-refractivity contribution in [3.8, 4) is 22.6 Å². The first-order valence-electron chi connectivity index (χ1n) is 7.83. The minimum atomic E-state index is -0.833. The van der Waals surface area contributed by atoms with E-state index in [1.54, 1.807) is 24.4 Å². The van der Waals surface area contributed by atoms with Crippen LogP contribution in [0.2, 0.25) is 0 Å². The number of hydrogen-bond donors (Lipinski definition) is 5. The number of carboxylic acid groups (broad SMARTS) is 1. The van der Waals surface area contributed by atoms with E-state index in [0.717, 1.165) is 18.1 Å². The first-order valence-corrected chi connectivity index (χ1v) is 7.83. The fourth-order valence-corrected chi connectivity index (χ4v) is 2.16. The molecule has 0 saturated heterocycles. The first-order chi connectivity index (χ1) is 12.8. The minimum absolute atomic E-state index is 0.0355. The molecule has 0 saturated carbocycles. The maximum atomic E-state index is 9.00. The molecule has 0 spiro atoms. The lowest BCUT2D eigenvalue weighted by Crippen LogP contribution is -2.12. The zero-order valence-corrected chi connectivity index (χ0v) is 14.6. The van der Waals surface area contributed by atoms with E-state index in [2.05, 4.69) is 4.98 Å². The molecular weight excluding hydrogens is 346 g/mol. The van der Waals surface area contributed by atoms with E-state index >= 15 is 0 Å². The summed E-state index contributed by atoms with van der Waals surface area (Å²) in [6.07, 6.45) is 1.62. The topological polar surface area (TPSA) is 163 Å². The number of carboxylic acids is 1. The Hall–Kier alpha value is -3.94. The van der Waals surface area contributed by atoms with Gasteiger partial charge in [0.2, 0.25) is 0 Å². The Morgan fingerprint density at radius 2 is 1.44 bits per heavy atom. The van der Waals surface area contributed by atoms with Gasteiger partial charge in [0.05, 0.1) is 0 Å². The van der Waals surface area contributed by atoms with Gasteiger partial charge in [0.1, 0.15) is 28.9 Å². The first kappa shape index (κ1) is 19.4. The quantitative estimate of drug-likeness (QED) is 0.352. The highest BCUT2D eigenvalue weighted by Crippen LogP contribution is 2.28. The molecule has 0 fully saturated rings. The Morgan fingerprint density at radius 1 is 0.926 bits per heavy atom. The fourth-order valence-electron chi connectivity index (χ4n) is 2.16. The predicted octanol–water partition coefficient (Wildman–Crippen LogP) is 2.67. The summed E-state index contributed by atoms with van der Waals surface area (Å²) in [5.41, 5.74) is 13.6. The lowest BCUT2D eigenvalue weighted by atomic mass is 10.1. The lowest BCUT2D eigenvalue weighted by molar-refractivity contribution is -0.134. The summed E-state index contributed by atoms with van der Waals surface area (Å²) >= 11 is 0. The van der Waals surface area contributed by atoms with E-state index in [-0.39, 0.29) is 11.7 Å². The molecule has 0 amide bonds. The van der Waals surface area contributed by atoms with Crippen LogP contribution in [0, 0.1) is 10.8 Å². The number of furan rings is 1. The molecule has 0 atom stereocenters. The van der Waals surface area contributed by atoms with E-state index < -0.39 is 5.97 Å². The number of aromatic nitrogens is 1. The second-order valence-electron chi connectivity index (χ2n) is 5.52. The molecule has 0 aliphatic rings. The number of aliphatic carboxylic acids is 1. The van der Waals surface area contributed by atoms with Crippen molar-refractivity contribution in [3.63, 3.8) is 0 Å². The molecule has 7 N–H and O–H groups in total. The smallest absolute Gasteiger partial charge is 0.300 e. The second-order valence-corrected chi connectivity index (χ2v) is 5.52. The number of hydrogen-bond acceptors (Lipinski definition) is 5. The Morgan fingerprint density at radius 3 is 1.89 bits per heavy atom. The highest BCUT2D eigenvalue weighted by atomic mass is 16.4. The number of nitrogens with zero attached hydrogens (tertiary/aromatic N) is 1. The van der Waals surface area contributed by atoms with Crippen LogP contribution in [0.4, 0.5) is 0 Å². The van der Waals surface area contributed by atoms with Crippen molar-refractivity contribution in [1.29, 1.82) is 10.8 Å². The number of nitrogens with one attached hydrogen (secondary N) is 2. The summed E-state index contributed by atoms with van der Waals surface area (Å²) in [7, 11) is 0. The van der Waals surface area contributed by atoms with E-state index in [1.807, 2.05) is 30.3 Å². The molecule has 0 aliphatic heterocycles. The second kappa shape index (κ2) is 8.43. The maximum Gasteiger partial charge on any atom is 0.300 e. The highest BCUT2D eigenvalue weighted by Gasteiger charge is 2.08. The molecule has 0 bridgehead atoms. The van der Waals surface area contributed by atoms with Gasteiger partial charge in [-0.3, -0.25) is 20.6 Å². The maximum absolute atomic E-state index is 9.00. The van der Waals surface area contributed by atoms with Crippen LogP contribution < -0.4 is 11.5 Å². The van der Waals surface area contributed by atoms with Crippen LogP contribution >= 0.6 is 0 Å². The molecule has 3 aromatic rings. The Bertz CT molecular complexity index is 884. The van der Waals surface area contributed by atoms with Gasteiger partial charge in [-0.25, -0.2) is 0 Å². The third kappa shape index (κ3) is 5.27. The van der Waals surface area contributed by atoms with Crippen LogP contribution in [0.3, 0.4) is 0 Å². The molecule has 8 nitrogen and oxygen atoms in total. The molecule has 0 aliphatic carbocycles. The molecule has 3 rings (SSSR count). The summed E-state index contributed by atoms with van der Waals surface area (Å²) in [6.45, 7) is 1.08. The zero-order valence-electron chi connectivity index (χ0n) is 14.6. The predicted molar refractivity (Wildman–Crippen MR) is 103 cm³/mol. The molecular formula is C19H19N5O3. The van der Waals surface area contributed by atoms with Crippen LogP contribution in [-0.2, 0) is 4.79 Å². The molecule has 27 heavy (non-hydrogen) atoms. The van der Waals surface area contributed by atoms with Crippen LogP contribution in [0.25, 0.3) is 22.6 Å². The van der Waals surface area contributed by atoms with Gasteiger partial charge in [-0.1, -0.05) is 24.3 Å². The number of amidine groups is 2. The van der Waals surface area contributed by atoms with Crippen molar-refractivity contribution in [1.82, 2.24) is 4.98 Å². The molecule has 2 heterocycles. The number of carbonyl (C=O) groups is 1. The minimum Gasteiger partial charge on any atom is -0.481 e. The Kier molecular flexibility index (Phi) is 6.06. The summed E-state index contributed by atoms with van der Waals surface area (Å²) in [5, 5.41) is 22.2. The van der Waals surface area contributed by atoms with Gasteiger partial charge < -0.3 is 21.0 Å². The highest BCUT2D eigenvalue weighted by molar-refractivity contribution is 5.95. The van der Waals surface area contributed by atoms with Crippen molar-refractivity contribution in [2.75, 3.05) is 0 Å². The molecule has 2 aromatic heterocycles. The van der Waals surface area contributed by atoms with E-state index in [1.165, 1.54) is 0 Å². The number of benzene rings is 1. The monoisotopic (exact) mass is 365 g/mol. The van der Waals surface area contributed by atoms with Gasteiger partial charge in [0.25, 0.3) is 5.97 Å². The van der Waals surface area contributed by atoms with E-state index in [0.29, 0.717) is 22.8 Å². The fraction of sp³-hybridized carbons (Fsp3) is 0.0526. The summed E-state index contributed by atoms with van der Waals surface area (Å²) < 4.78 is 5.85. The number of pyridine rings is 1. The zero-order chi connectivity index (χ0) is 20.0. The Balaban J connectivity index is 0.000000596. The summed E-state index contributed by atoms with van der Waals surface area (Å²) in [6, 6.07) is 14.5. The van der Waals surface area contributed by atoms with Crippen molar-refractivity contribution < 1.29 is 14.3 Å². The largest absolute Gasteiger partial charge is 0.481 e. The van der Waals surface area contributed by atoms with Crippen molar-refractivity contribution >= 4 is 17.6 Å². The standard InChI is InChI=1S/C17H15N5O.C2H4O2/c18-16(19)11-3-1-10(2-4-11)14-7-8-15(23-14)12-5-6-13(17(20)21)22-9-12;1-2(3)4/h1-9H,(H3,18,19)(H3,20,21);1H3,(H,3,4). The van der Waals surface area contributed by atoms with Gasteiger partial charge >= 0.3 is 0 Å². The molecule has 0 radical (unpaired) electrons. The average molecular weight is 365 g/mol. The number of nitrogen functional groups attached to an aromatic ring is 2. The van der Waals surface area contributed by atoms with Gasteiger partial charge in [0, 0.05) is 29.8 Å². The van der Waals surface area contributed by atoms with E-state index in [4.69, 9.17) is 36.6 Å². The SMILES string of the molecule is CC(=O)O.N=C(N)c1ccc(-c2ccc(-c3ccc(C(=N)N)nc3)o2)cc1. The van der Waals surface area contributed by atoms with Crippen LogP contribution in [0.5, 0.6) is 0 Å². The molecule has 1 aromatic carbocycles. The summed E-state index contributed by atoms with van der Waals surface area (Å²) in [5.74, 6) is 0.527. The normalized spacial score (nSPS) is 9.81. The Labute approximate surface area is 155 Å². The van der Waals surface area contributed by atoms with Gasteiger partial charge in [0.15, 0.2) is 0 Å². The van der Waals surface area contributed by atoms with Crippen LogP contribution in [0.15, 0.2) is 59.1 Å². The molecule has 8 heteroatoms. The molecule has 138 valence electrons. The van der Waals surface area contributed by atoms with Crippen molar-refractivity contribution in [2.45, 2.75) is 6.92 Å². The lowest BCUT2D eigenvalue weighted by Gasteiger charge is -2.01. The van der Waals surface area contributed by atoms with Crippen LogP contribution in [-0.4, -0.2) is 27.7 Å². The molecule has 0 unspecified atom stereocenters. The van der Waals surface area contributed by atoms with E-state index in [9.17, 15) is 0 Å². The number of rotatable bonds is 4. The van der Waals surface area contributed by atoms with Crippen LogP contribution in [0.1, 0.15) is 18.2 Å². The third-order valence-corrected chi connectivity index (χ3v) is 3.41. The summed E-state index contributed by atoms with van der Waals surface area (Å²) in [4.78, 5) is 13.1. The van der Waals surface area contributed by atoms with Gasteiger partial charge in [-0.05, 0) is 24.3 Å². The van der Waals surface area contributed by atoms with Gasteiger partial charge in [-0.15, -0.1) is 0 Å².